The molecule has 2 heterocycles. The maximum atomic E-state index is 13.0. The number of benzene rings is 1. The maximum Gasteiger partial charge on any atom is 0.322 e. The van der Waals surface area contributed by atoms with E-state index < -0.39 is 22.0 Å². The van der Waals surface area contributed by atoms with Gasteiger partial charge in [0.25, 0.3) is 0 Å². The van der Waals surface area contributed by atoms with Crippen molar-refractivity contribution in [2.75, 3.05) is 18.0 Å². The van der Waals surface area contributed by atoms with Crippen molar-refractivity contribution in [2.24, 2.45) is 0 Å². The van der Waals surface area contributed by atoms with E-state index in [2.05, 4.69) is 0 Å². The van der Waals surface area contributed by atoms with Crippen LogP contribution in [0.3, 0.4) is 0 Å². The molecule has 0 aromatic heterocycles. The molecule has 0 unspecified atom stereocenters. The lowest BCUT2D eigenvalue weighted by molar-refractivity contribution is -0.142. The summed E-state index contributed by atoms with van der Waals surface area (Å²) in [5.74, 6) is -1.18. The third kappa shape index (κ3) is 3.28. The smallest absolute Gasteiger partial charge is 0.322 e. The summed E-state index contributed by atoms with van der Waals surface area (Å²) in [6.45, 7) is 2.34. The first kappa shape index (κ1) is 17.9. The highest BCUT2D eigenvalue weighted by atomic mass is 32.2. The number of hydrogen-bond donors (Lipinski definition) is 1. The van der Waals surface area contributed by atoms with Crippen molar-refractivity contribution in [3.8, 4) is 0 Å². The highest BCUT2D eigenvalue weighted by molar-refractivity contribution is 7.89. The minimum Gasteiger partial charge on any atom is -0.480 e. The minimum atomic E-state index is -3.88. The van der Waals surface area contributed by atoms with Gasteiger partial charge in [0, 0.05) is 25.7 Å². The molecular weight excluding hydrogens is 344 g/mol. The molecule has 3 rings (SSSR count). The van der Waals surface area contributed by atoms with Crippen molar-refractivity contribution in [3.63, 3.8) is 0 Å². The summed E-state index contributed by atoms with van der Waals surface area (Å²) in [5.41, 5.74) is 1.55. The number of carbonyl (C=O) groups is 2. The molecule has 1 amide bonds. The zero-order valence-electron chi connectivity index (χ0n) is 14.1. The third-order valence-electron chi connectivity index (χ3n) is 4.90. The SMILES string of the molecule is CC(=O)N1CCCc2cc(S(=O)(=O)N3CCCC[C@@H]3C(=O)O)ccc21. The van der Waals surface area contributed by atoms with E-state index in [0.29, 0.717) is 32.2 Å². The average Bonchev–Trinajstić information content (AvgIpc) is 2.60. The van der Waals surface area contributed by atoms with Crippen molar-refractivity contribution in [3.05, 3.63) is 23.8 Å². The molecule has 0 saturated carbocycles. The van der Waals surface area contributed by atoms with E-state index in [9.17, 15) is 23.1 Å². The van der Waals surface area contributed by atoms with Crippen LogP contribution < -0.4 is 4.90 Å². The standard InChI is InChI=1S/C17H22N2O5S/c1-12(20)18-9-4-5-13-11-14(7-8-15(13)18)25(23,24)19-10-3-2-6-16(19)17(21)22/h7-8,11,16H,2-6,9-10H2,1H3,(H,21,22)/t16-/m1/s1. The van der Waals surface area contributed by atoms with E-state index in [-0.39, 0.29) is 17.3 Å². The second-order valence-electron chi connectivity index (χ2n) is 6.53. The van der Waals surface area contributed by atoms with Crippen LogP contribution in [0.2, 0.25) is 0 Å². The molecule has 1 aromatic rings. The first-order chi connectivity index (χ1) is 11.8. The molecule has 1 N–H and O–H groups in total. The Bertz CT molecular complexity index is 805. The van der Waals surface area contributed by atoms with Gasteiger partial charge in [-0.05, 0) is 55.9 Å². The fraction of sp³-hybridized carbons (Fsp3) is 0.529. The van der Waals surface area contributed by atoms with Crippen molar-refractivity contribution in [1.82, 2.24) is 4.31 Å². The van der Waals surface area contributed by atoms with Gasteiger partial charge in [-0.25, -0.2) is 8.42 Å². The van der Waals surface area contributed by atoms with Crippen LogP contribution in [0.4, 0.5) is 5.69 Å². The number of sulfonamides is 1. The minimum absolute atomic E-state index is 0.0708. The van der Waals surface area contributed by atoms with Crippen LogP contribution in [-0.2, 0) is 26.0 Å². The van der Waals surface area contributed by atoms with Gasteiger partial charge in [0.15, 0.2) is 0 Å². The number of aryl methyl sites for hydroxylation is 1. The molecule has 0 radical (unpaired) electrons. The molecule has 2 aliphatic rings. The lowest BCUT2D eigenvalue weighted by Gasteiger charge is -2.33. The summed E-state index contributed by atoms with van der Waals surface area (Å²) in [6.07, 6.45) is 3.17. The van der Waals surface area contributed by atoms with Gasteiger partial charge in [0.1, 0.15) is 6.04 Å². The molecule has 1 fully saturated rings. The van der Waals surface area contributed by atoms with Crippen LogP contribution in [0.25, 0.3) is 0 Å². The molecule has 2 aliphatic heterocycles. The Labute approximate surface area is 147 Å². The number of piperidine rings is 1. The first-order valence-corrected chi connectivity index (χ1v) is 9.92. The van der Waals surface area contributed by atoms with Crippen LogP contribution in [0.1, 0.15) is 38.2 Å². The van der Waals surface area contributed by atoms with Crippen molar-refractivity contribution >= 4 is 27.6 Å². The van der Waals surface area contributed by atoms with E-state index >= 15 is 0 Å². The van der Waals surface area contributed by atoms with E-state index in [1.165, 1.54) is 13.0 Å². The molecule has 25 heavy (non-hydrogen) atoms. The van der Waals surface area contributed by atoms with Crippen molar-refractivity contribution in [2.45, 2.75) is 50.0 Å². The van der Waals surface area contributed by atoms with E-state index in [1.54, 1.807) is 17.0 Å². The Kier molecular flexibility index (Phi) is 4.83. The van der Waals surface area contributed by atoms with Crippen LogP contribution >= 0.6 is 0 Å². The number of fused-ring (bicyclic) bond motifs is 1. The normalized spacial score (nSPS) is 21.6. The van der Waals surface area contributed by atoms with Crippen LogP contribution in [0, 0.1) is 0 Å². The Balaban J connectivity index is 1.98. The zero-order valence-corrected chi connectivity index (χ0v) is 15.0. The molecule has 0 bridgehead atoms. The van der Waals surface area contributed by atoms with Crippen LogP contribution in [-0.4, -0.2) is 48.8 Å². The second-order valence-corrected chi connectivity index (χ2v) is 8.42. The Morgan fingerprint density at radius 1 is 1.16 bits per heavy atom. The largest absolute Gasteiger partial charge is 0.480 e. The molecular formula is C17H22N2O5S. The summed E-state index contributed by atoms with van der Waals surface area (Å²) < 4.78 is 27.1. The lowest BCUT2D eigenvalue weighted by Crippen LogP contribution is -2.47. The topological polar surface area (TPSA) is 95.0 Å². The number of hydrogen-bond acceptors (Lipinski definition) is 4. The van der Waals surface area contributed by atoms with Crippen LogP contribution in [0.5, 0.6) is 0 Å². The predicted octanol–water partition coefficient (Wildman–Crippen LogP) is 1.61. The summed E-state index contributed by atoms with van der Waals surface area (Å²) in [6, 6.07) is 3.71. The number of carbonyl (C=O) groups excluding carboxylic acids is 1. The number of carboxylic acid groups (broad SMARTS) is 1. The summed E-state index contributed by atoms with van der Waals surface area (Å²) in [4.78, 5) is 24.9. The number of rotatable bonds is 3. The van der Waals surface area contributed by atoms with Gasteiger partial charge in [-0.1, -0.05) is 0 Å². The van der Waals surface area contributed by atoms with Gasteiger partial charge in [-0.3, -0.25) is 9.59 Å². The fourth-order valence-electron chi connectivity index (χ4n) is 3.64. The molecule has 1 saturated heterocycles. The number of carboxylic acids is 1. The molecule has 7 nitrogen and oxygen atoms in total. The Morgan fingerprint density at radius 3 is 2.60 bits per heavy atom. The molecule has 136 valence electrons. The number of aliphatic carboxylic acids is 1. The number of nitrogens with zero attached hydrogens (tertiary/aromatic N) is 2. The predicted molar refractivity (Wildman–Crippen MR) is 92.0 cm³/mol. The van der Waals surface area contributed by atoms with Gasteiger partial charge in [-0.2, -0.15) is 4.31 Å². The van der Waals surface area contributed by atoms with Gasteiger partial charge < -0.3 is 10.0 Å². The zero-order chi connectivity index (χ0) is 18.2. The van der Waals surface area contributed by atoms with Crippen LogP contribution in [0.15, 0.2) is 23.1 Å². The average molecular weight is 366 g/mol. The highest BCUT2D eigenvalue weighted by Crippen LogP contribution is 2.32. The quantitative estimate of drug-likeness (QED) is 0.877. The van der Waals surface area contributed by atoms with Crippen molar-refractivity contribution in [1.29, 1.82) is 0 Å². The second kappa shape index (κ2) is 6.76. The van der Waals surface area contributed by atoms with E-state index in [1.807, 2.05) is 0 Å². The number of anilines is 1. The molecule has 1 atom stereocenters. The monoisotopic (exact) mass is 366 g/mol. The molecule has 0 spiro atoms. The van der Waals surface area contributed by atoms with Crippen molar-refractivity contribution < 1.29 is 23.1 Å². The number of amides is 1. The molecule has 0 aliphatic carbocycles. The molecule has 8 heteroatoms. The van der Waals surface area contributed by atoms with Gasteiger partial charge in [0.2, 0.25) is 15.9 Å². The maximum absolute atomic E-state index is 13.0. The highest BCUT2D eigenvalue weighted by Gasteiger charge is 2.38. The van der Waals surface area contributed by atoms with Gasteiger partial charge in [-0.15, -0.1) is 0 Å². The summed E-state index contributed by atoms with van der Waals surface area (Å²) in [5, 5.41) is 9.36. The molecule has 1 aromatic carbocycles. The fourth-order valence-corrected chi connectivity index (χ4v) is 5.34. The Hall–Kier alpha value is -1.93. The third-order valence-corrected chi connectivity index (χ3v) is 6.80. The van der Waals surface area contributed by atoms with Gasteiger partial charge in [0.05, 0.1) is 4.90 Å². The van der Waals surface area contributed by atoms with E-state index in [0.717, 1.165) is 22.0 Å². The first-order valence-electron chi connectivity index (χ1n) is 8.48. The lowest BCUT2D eigenvalue weighted by atomic mass is 10.0. The van der Waals surface area contributed by atoms with E-state index in [4.69, 9.17) is 0 Å². The summed E-state index contributed by atoms with van der Waals surface area (Å²) >= 11 is 0. The Morgan fingerprint density at radius 2 is 1.92 bits per heavy atom. The van der Waals surface area contributed by atoms with Gasteiger partial charge >= 0.3 is 5.97 Å². The summed E-state index contributed by atoms with van der Waals surface area (Å²) in [7, 11) is -3.88.